The van der Waals surface area contributed by atoms with Crippen molar-refractivity contribution in [3.63, 3.8) is 0 Å². The smallest absolute Gasteiger partial charge is 0.320 e. The average molecular weight is 430 g/mol. The number of anilines is 2. The molecule has 1 heterocycles. The molecule has 3 aromatic rings. The van der Waals surface area contributed by atoms with E-state index < -0.39 is 6.03 Å². The summed E-state index contributed by atoms with van der Waals surface area (Å²) in [5.74, 6) is 2.71. The first kappa shape index (κ1) is 22.6. The van der Waals surface area contributed by atoms with E-state index in [0.717, 1.165) is 16.9 Å². The predicted molar refractivity (Wildman–Crippen MR) is 127 cm³/mol. The third-order valence-electron chi connectivity index (χ3n) is 4.79. The highest BCUT2D eigenvalue weighted by Gasteiger charge is 2.26. The van der Waals surface area contributed by atoms with E-state index >= 15 is 0 Å². The molecule has 0 aliphatic carbocycles. The van der Waals surface area contributed by atoms with Crippen LogP contribution in [0, 0.1) is 19.3 Å². The first-order valence-corrected chi connectivity index (χ1v) is 10.3. The van der Waals surface area contributed by atoms with Crippen molar-refractivity contribution >= 4 is 23.4 Å². The van der Waals surface area contributed by atoms with Gasteiger partial charge >= 0.3 is 6.03 Å². The van der Waals surface area contributed by atoms with Crippen molar-refractivity contribution in [2.24, 2.45) is 0 Å². The van der Waals surface area contributed by atoms with E-state index in [4.69, 9.17) is 11.5 Å². The van der Waals surface area contributed by atoms with Gasteiger partial charge in [0.15, 0.2) is 0 Å². The molecule has 0 saturated carbocycles. The lowest BCUT2D eigenvalue weighted by Crippen LogP contribution is -2.36. The minimum atomic E-state index is -0.502. The van der Waals surface area contributed by atoms with Crippen molar-refractivity contribution in [2.75, 3.05) is 17.2 Å². The van der Waals surface area contributed by atoms with Crippen LogP contribution >= 0.6 is 0 Å². The van der Waals surface area contributed by atoms with Crippen LogP contribution in [-0.2, 0) is 10.2 Å². The summed E-state index contributed by atoms with van der Waals surface area (Å²) in [5, 5.41) is 12.9. The first-order chi connectivity index (χ1) is 15.2. The van der Waals surface area contributed by atoms with E-state index in [-0.39, 0.29) is 17.9 Å². The van der Waals surface area contributed by atoms with Crippen LogP contribution in [-0.4, -0.2) is 28.3 Å². The molecule has 0 spiro atoms. The molecule has 3 rings (SSSR count). The molecule has 0 atom stereocenters. The van der Waals surface area contributed by atoms with Gasteiger partial charge in [-0.05, 0) is 37.3 Å². The van der Waals surface area contributed by atoms with E-state index in [1.807, 2.05) is 37.3 Å². The number of benzene rings is 2. The second-order valence-electron chi connectivity index (χ2n) is 8.40. The van der Waals surface area contributed by atoms with Crippen LogP contribution in [0.2, 0.25) is 0 Å². The summed E-state index contributed by atoms with van der Waals surface area (Å²) < 4.78 is 1.71. The van der Waals surface area contributed by atoms with Gasteiger partial charge in [-0.2, -0.15) is 5.10 Å². The number of carbonyl (C=O) groups is 2. The maximum Gasteiger partial charge on any atom is 0.320 e. The Balaban J connectivity index is 1.72. The van der Waals surface area contributed by atoms with Crippen molar-refractivity contribution in [3.05, 3.63) is 71.4 Å². The molecule has 0 saturated heterocycles. The van der Waals surface area contributed by atoms with Crippen molar-refractivity contribution in [2.45, 2.75) is 33.1 Å². The largest absolute Gasteiger partial charge is 0.329 e. The summed E-state index contributed by atoms with van der Waals surface area (Å²) in [6.07, 6.45) is 5.38. The summed E-state index contributed by atoms with van der Waals surface area (Å²) in [4.78, 5) is 24.8. The Labute approximate surface area is 188 Å². The van der Waals surface area contributed by atoms with Gasteiger partial charge in [-0.3, -0.25) is 10.1 Å². The number of nitrogens with zero attached hydrogens (tertiary/aromatic N) is 2. The van der Waals surface area contributed by atoms with E-state index in [2.05, 4.69) is 42.6 Å². The molecule has 164 valence electrons. The zero-order valence-corrected chi connectivity index (χ0v) is 18.7. The fourth-order valence-electron chi connectivity index (χ4n) is 3.32. The Kier molecular flexibility index (Phi) is 6.64. The topological polar surface area (TPSA) is 88.1 Å². The van der Waals surface area contributed by atoms with Crippen molar-refractivity contribution in [3.8, 4) is 18.0 Å². The Bertz CT molecular complexity index is 1170. The number of carbonyl (C=O) groups excluding carboxylic acids is 2. The van der Waals surface area contributed by atoms with Gasteiger partial charge in [0.25, 0.3) is 0 Å². The molecule has 0 bridgehead atoms. The monoisotopic (exact) mass is 429 g/mol. The molecular weight excluding hydrogens is 402 g/mol. The van der Waals surface area contributed by atoms with E-state index in [0.29, 0.717) is 17.1 Å². The molecule has 1 aromatic heterocycles. The lowest BCUT2D eigenvalue weighted by Gasteiger charge is -2.16. The van der Waals surface area contributed by atoms with Gasteiger partial charge in [0.05, 0.1) is 17.9 Å². The fourth-order valence-corrected chi connectivity index (χ4v) is 3.32. The molecule has 3 amide bonds. The second kappa shape index (κ2) is 9.40. The lowest BCUT2D eigenvalue weighted by atomic mass is 9.90. The molecule has 32 heavy (non-hydrogen) atoms. The van der Waals surface area contributed by atoms with Gasteiger partial charge in [0.2, 0.25) is 5.91 Å². The van der Waals surface area contributed by atoms with Gasteiger partial charge in [0, 0.05) is 22.2 Å². The van der Waals surface area contributed by atoms with E-state index in [1.165, 1.54) is 0 Å². The van der Waals surface area contributed by atoms with Gasteiger partial charge < -0.3 is 10.6 Å². The summed E-state index contributed by atoms with van der Waals surface area (Å²) >= 11 is 0. The zero-order valence-electron chi connectivity index (χ0n) is 18.7. The van der Waals surface area contributed by atoms with Gasteiger partial charge in [-0.15, -0.1) is 6.42 Å². The molecular formula is C25H27N5O2. The summed E-state index contributed by atoms with van der Waals surface area (Å²) in [7, 11) is 0. The number of nitrogens with one attached hydrogen (secondary N) is 3. The highest BCUT2D eigenvalue weighted by Crippen LogP contribution is 2.31. The maximum atomic E-state index is 12.6. The average Bonchev–Trinajstić information content (AvgIpc) is 3.09. The van der Waals surface area contributed by atoms with E-state index in [1.54, 1.807) is 28.9 Å². The number of rotatable bonds is 5. The van der Waals surface area contributed by atoms with Crippen molar-refractivity contribution in [1.29, 1.82) is 0 Å². The molecule has 3 N–H and O–H groups in total. The quantitative estimate of drug-likeness (QED) is 0.531. The van der Waals surface area contributed by atoms with E-state index in [9.17, 15) is 9.59 Å². The van der Waals surface area contributed by atoms with Crippen molar-refractivity contribution in [1.82, 2.24) is 15.1 Å². The molecule has 2 aromatic carbocycles. The molecule has 0 radical (unpaired) electrons. The number of urea groups is 1. The molecule has 0 aliphatic rings. The number of terminal acetylenes is 1. The molecule has 0 fully saturated rings. The molecule has 0 unspecified atom stereocenters. The Morgan fingerprint density at radius 2 is 1.78 bits per heavy atom. The van der Waals surface area contributed by atoms with Gasteiger partial charge in [-0.25, -0.2) is 9.48 Å². The summed E-state index contributed by atoms with van der Waals surface area (Å²) in [6, 6.07) is 16.0. The minimum Gasteiger partial charge on any atom is -0.329 e. The van der Waals surface area contributed by atoms with Gasteiger partial charge in [0.1, 0.15) is 5.82 Å². The molecule has 7 heteroatoms. The molecule has 7 nitrogen and oxygen atoms in total. The first-order valence-electron chi connectivity index (χ1n) is 10.3. The molecule has 0 aliphatic heterocycles. The number of aromatic nitrogens is 2. The number of para-hydroxylation sites is 1. The van der Waals surface area contributed by atoms with Crippen LogP contribution in [0.3, 0.4) is 0 Å². The van der Waals surface area contributed by atoms with Crippen LogP contribution in [0.4, 0.5) is 16.3 Å². The van der Waals surface area contributed by atoms with Crippen LogP contribution in [0.15, 0.2) is 54.6 Å². The standard InChI is InChI=1S/C25H27N5O2/c1-6-18-11-10-12-19(15-18)27-21(31)16-26-24(32)28-23-17(2)22(25(3,4)5)29-30(23)20-13-8-7-9-14-20/h1,7-15H,16H2,2-5H3,(H,27,31)(H2,26,28,32). The fraction of sp³-hybridized carbons (Fsp3) is 0.240. The Hall–Kier alpha value is -4.05. The van der Waals surface area contributed by atoms with Crippen LogP contribution < -0.4 is 16.0 Å². The predicted octanol–water partition coefficient (Wildman–Crippen LogP) is 4.22. The highest BCUT2D eigenvalue weighted by atomic mass is 16.2. The number of hydrogen-bond acceptors (Lipinski definition) is 3. The third kappa shape index (κ3) is 5.35. The minimum absolute atomic E-state index is 0.198. The lowest BCUT2D eigenvalue weighted by molar-refractivity contribution is -0.115. The highest BCUT2D eigenvalue weighted by molar-refractivity contribution is 5.97. The maximum absolute atomic E-state index is 12.6. The van der Waals surface area contributed by atoms with Crippen LogP contribution in [0.1, 0.15) is 37.6 Å². The number of amides is 3. The second-order valence-corrected chi connectivity index (χ2v) is 8.40. The van der Waals surface area contributed by atoms with Crippen LogP contribution in [0.25, 0.3) is 5.69 Å². The SMILES string of the molecule is C#Cc1cccc(NC(=O)CNC(=O)Nc2c(C)c(C(C)(C)C)nn2-c2ccccc2)c1. The third-order valence-corrected chi connectivity index (χ3v) is 4.79. The van der Waals surface area contributed by atoms with Gasteiger partial charge in [-0.1, -0.05) is 51.0 Å². The Morgan fingerprint density at radius 3 is 2.44 bits per heavy atom. The summed E-state index contributed by atoms with van der Waals surface area (Å²) in [6.45, 7) is 7.94. The van der Waals surface area contributed by atoms with Crippen LogP contribution in [0.5, 0.6) is 0 Å². The Morgan fingerprint density at radius 1 is 1.06 bits per heavy atom. The normalized spacial score (nSPS) is 10.8. The number of hydrogen-bond donors (Lipinski definition) is 3. The summed E-state index contributed by atoms with van der Waals surface area (Å²) in [5.41, 5.74) is 3.60. The zero-order chi connectivity index (χ0) is 23.3. The van der Waals surface area contributed by atoms with Crippen molar-refractivity contribution < 1.29 is 9.59 Å².